The molecule has 16 heteroatoms. The van der Waals surface area contributed by atoms with E-state index < -0.39 is 42.3 Å². The lowest BCUT2D eigenvalue weighted by atomic mass is 9.67. The summed E-state index contributed by atoms with van der Waals surface area (Å²) in [6.45, 7) is -1.32. The zero-order chi connectivity index (χ0) is 27.8. The first-order chi connectivity index (χ1) is 17.8. The standard InChI is InChI=1S/C22H19Cl2F5N6O3/c23-11-3-2-9(7-31-19(37)21(4-1-5-21)22(27,28)29)14(24)15(11)33-20-32-12-6-10(16(30)36)18(34-17(12)35-20)38-8-13(25)26/h2-3,6,13H,1,4-5,7-8H2,(H2,30,36)(H,31,37)(H2,32,33,34,35). The Morgan fingerprint density at radius 1 is 1.21 bits per heavy atom. The van der Waals surface area contributed by atoms with Crippen LogP contribution >= 0.6 is 23.2 Å². The third-order valence-corrected chi connectivity index (χ3v) is 6.83. The number of aromatic amines is 1. The summed E-state index contributed by atoms with van der Waals surface area (Å²) in [6.07, 6.45) is -7.75. The number of imidazole rings is 1. The van der Waals surface area contributed by atoms with Gasteiger partial charge in [0.05, 0.1) is 21.2 Å². The summed E-state index contributed by atoms with van der Waals surface area (Å²) in [7, 11) is 0. The predicted molar refractivity (Wildman–Crippen MR) is 128 cm³/mol. The third-order valence-electron chi connectivity index (χ3n) is 6.09. The van der Waals surface area contributed by atoms with Gasteiger partial charge in [0.2, 0.25) is 17.7 Å². The van der Waals surface area contributed by atoms with Crippen LogP contribution in [0.15, 0.2) is 18.2 Å². The summed E-state index contributed by atoms with van der Waals surface area (Å²) in [5, 5.41) is 5.23. The lowest BCUT2D eigenvalue weighted by Crippen LogP contribution is -2.54. The molecule has 38 heavy (non-hydrogen) atoms. The van der Waals surface area contributed by atoms with E-state index in [1.165, 1.54) is 18.2 Å². The topological polar surface area (TPSA) is 135 Å². The largest absolute Gasteiger partial charge is 0.471 e. The fourth-order valence-electron chi connectivity index (χ4n) is 3.89. The summed E-state index contributed by atoms with van der Waals surface area (Å²) >= 11 is 12.7. The number of amides is 2. The van der Waals surface area contributed by atoms with Crippen molar-refractivity contribution in [3.63, 3.8) is 0 Å². The van der Waals surface area contributed by atoms with Gasteiger partial charge in [-0.1, -0.05) is 35.7 Å². The number of halogens is 7. The van der Waals surface area contributed by atoms with Gasteiger partial charge in [0.15, 0.2) is 12.3 Å². The van der Waals surface area contributed by atoms with E-state index in [-0.39, 0.29) is 63.4 Å². The molecule has 2 heterocycles. The van der Waals surface area contributed by atoms with Crippen LogP contribution in [0.25, 0.3) is 11.2 Å². The molecular weight excluding hydrogens is 562 g/mol. The Kier molecular flexibility index (Phi) is 7.57. The summed E-state index contributed by atoms with van der Waals surface area (Å²) < 4.78 is 70.3. The van der Waals surface area contributed by atoms with Gasteiger partial charge >= 0.3 is 6.18 Å². The number of carbonyl (C=O) groups is 2. The fraction of sp³-hybridized carbons (Fsp3) is 0.364. The molecule has 1 fully saturated rings. The first kappa shape index (κ1) is 27.6. The molecule has 0 spiro atoms. The Balaban J connectivity index is 1.56. The second-order valence-corrected chi connectivity index (χ2v) is 9.29. The minimum absolute atomic E-state index is 0.000311. The van der Waals surface area contributed by atoms with Crippen molar-refractivity contribution < 1.29 is 36.3 Å². The van der Waals surface area contributed by atoms with Gasteiger partial charge in [-0.05, 0) is 30.5 Å². The Morgan fingerprint density at radius 3 is 2.50 bits per heavy atom. The number of hydrogen-bond acceptors (Lipinski definition) is 6. The zero-order valence-corrected chi connectivity index (χ0v) is 20.7. The van der Waals surface area contributed by atoms with Crippen LogP contribution in [-0.4, -0.2) is 46.0 Å². The summed E-state index contributed by atoms with van der Waals surface area (Å²) in [5.74, 6) is -2.51. The number of aromatic nitrogens is 3. The molecule has 1 aromatic carbocycles. The summed E-state index contributed by atoms with van der Waals surface area (Å²) in [4.78, 5) is 35.0. The maximum absolute atomic E-state index is 13.4. The van der Waals surface area contributed by atoms with Crippen molar-refractivity contribution in [3.8, 4) is 5.88 Å². The molecule has 5 N–H and O–H groups in total. The highest BCUT2D eigenvalue weighted by molar-refractivity contribution is 6.39. The van der Waals surface area contributed by atoms with Gasteiger partial charge in [-0.15, -0.1) is 0 Å². The molecule has 2 aromatic heterocycles. The van der Waals surface area contributed by atoms with E-state index >= 15 is 0 Å². The zero-order valence-electron chi connectivity index (χ0n) is 19.2. The average molecular weight is 581 g/mol. The highest BCUT2D eigenvalue weighted by Gasteiger charge is 2.63. The SMILES string of the molecule is NC(=O)c1cc2[nH]c(Nc3c(Cl)ccc(CNC(=O)C4(C(F)(F)F)CCC4)c3Cl)nc2nc1OCC(F)F. The number of nitrogens with zero attached hydrogens (tertiary/aromatic N) is 2. The smallest absolute Gasteiger partial charge is 0.403 e. The highest BCUT2D eigenvalue weighted by atomic mass is 35.5. The van der Waals surface area contributed by atoms with Gasteiger partial charge in [-0.2, -0.15) is 23.1 Å². The first-order valence-electron chi connectivity index (χ1n) is 11.0. The minimum atomic E-state index is -4.67. The van der Waals surface area contributed by atoms with Crippen LogP contribution in [-0.2, 0) is 11.3 Å². The van der Waals surface area contributed by atoms with E-state index in [0.29, 0.717) is 6.42 Å². The molecule has 3 aromatic rings. The summed E-state index contributed by atoms with van der Waals surface area (Å²) in [5.41, 5.74) is 3.18. The van der Waals surface area contributed by atoms with Gasteiger partial charge in [0, 0.05) is 6.54 Å². The Bertz CT molecular complexity index is 1390. The van der Waals surface area contributed by atoms with Crippen LogP contribution in [0.3, 0.4) is 0 Å². The van der Waals surface area contributed by atoms with Crippen LogP contribution in [0.5, 0.6) is 5.88 Å². The molecule has 1 aliphatic carbocycles. The van der Waals surface area contributed by atoms with Gasteiger partial charge < -0.3 is 26.1 Å². The predicted octanol–water partition coefficient (Wildman–Crippen LogP) is 5.10. The maximum Gasteiger partial charge on any atom is 0.403 e. The molecule has 2 amide bonds. The monoisotopic (exact) mass is 580 g/mol. The molecule has 1 saturated carbocycles. The Hall–Kier alpha value is -3.39. The van der Waals surface area contributed by atoms with Crippen molar-refractivity contribution in [3.05, 3.63) is 39.4 Å². The number of carbonyl (C=O) groups excluding carboxylic acids is 2. The number of nitrogens with two attached hydrogens (primary N) is 1. The van der Waals surface area contributed by atoms with Crippen LogP contribution < -0.4 is 21.1 Å². The molecule has 0 saturated heterocycles. The van der Waals surface area contributed by atoms with Crippen molar-refractivity contribution in [1.29, 1.82) is 0 Å². The number of nitrogens with one attached hydrogen (secondary N) is 3. The molecule has 4 rings (SSSR count). The first-order valence-corrected chi connectivity index (χ1v) is 11.8. The summed E-state index contributed by atoms with van der Waals surface area (Å²) in [6, 6.07) is 4.08. The molecule has 0 aliphatic heterocycles. The maximum atomic E-state index is 13.4. The van der Waals surface area contributed by atoms with E-state index in [0.717, 1.165) is 0 Å². The molecule has 0 radical (unpaired) electrons. The van der Waals surface area contributed by atoms with Crippen LogP contribution in [0.1, 0.15) is 35.2 Å². The van der Waals surface area contributed by atoms with Gasteiger partial charge in [0.25, 0.3) is 12.3 Å². The van der Waals surface area contributed by atoms with Crippen molar-refractivity contribution in [2.24, 2.45) is 11.1 Å². The van der Waals surface area contributed by atoms with Crippen molar-refractivity contribution >= 4 is 57.8 Å². The highest BCUT2D eigenvalue weighted by Crippen LogP contribution is 2.53. The number of fused-ring (bicyclic) bond motifs is 1. The quantitative estimate of drug-likeness (QED) is 0.260. The Morgan fingerprint density at radius 2 is 1.92 bits per heavy atom. The Labute approximate surface area is 221 Å². The molecular formula is C22H19Cl2F5N6O3. The van der Waals surface area contributed by atoms with Gasteiger partial charge in [-0.25, -0.2) is 8.78 Å². The number of hydrogen-bond donors (Lipinski definition) is 4. The van der Waals surface area contributed by atoms with E-state index in [9.17, 15) is 31.5 Å². The van der Waals surface area contributed by atoms with Crippen LogP contribution in [0.2, 0.25) is 10.0 Å². The van der Waals surface area contributed by atoms with E-state index in [2.05, 4.69) is 25.6 Å². The number of ether oxygens (including phenoxy) is 1. The van der Waals surface area contributed by atoms with E-state index in [4.69, 9.17) is 33.7 Å². The van der Waals surface area contributed by atoms with Gasteiger partial charge in [0.1, 0.15) is 11.0 Å². The van der Waals surface area contributed by atoms with Crippen molar-refractivity contribution in [2.45, 2.75) is 38.4 Å². The minimum Gasteiger partial charge on any atom is -0.471 e. The number of rotatable bonds is 9. The van der Waals surface area contributed by atoms with Crippen LogP contribution in [0.4, 0.5) is 33.6 Å². The van der Waals surface area contributed by atoms with Crippen molar-refractivity contribution in [2.75, 3.05) is 11.9 Å². The van der Waals surface area contributed by atoms with E-state index in [1.807, 2.05) is 0 Å². The molecule has 0 bridgehead atoms. The molecule has 9 nitrogen and oxygen atoms in total. The van der Waals surface area contributed by atoms with Gasteiger partial charge in [-0.3, -0.25) is 9.59 Å². The molecule has 1 aliphatic rings. The molecule has 0 atom stereocenters. The lowest BCUT2D eigenvalue weighted by Gasteiger charge is -2.41. The number of H-pyrrole nitrogens is 1. The van der Waals surface area contributed by atoms with Crippen LogP contribution in [0, 0.1) is 5.41 Å². The fourth-order valence-corrected chi connectivity index (χ4v) is 4.42. The average Bonchev–Trinajstić information content (AvgIpc) is 3.18. The molecule has 204 valence electrons. The lowest BCUT2D eigenvalue weighted by molar-refractivity contribution is -0.243. The number of pyridine rings is 1. The third kappa shape index (κ3) is 5.27. The number of alkyl halides is 5. The number of benzene rings is 1. The second-order valence-electron chi connectivity index (χ2n) is 8.50. The second kappa shape index (κ2) is 10.4. The van der Waals surface area contributed by atoms with Crippen molar-refractivity contribution in [1.82, 2.24) is 20.3 Å². The number of anilines is 2. The van der Waals surface area contributed by atoms with E-state index in [1.54, 1.807) is 0 Å². The molecule has 0 unspecified atom stereocenters. The normalized spacial score (nSPS) is 14.8. The number of primary amides is 1.